The van der Waals surface area contributed by atoms with Crippen LogP contribution < -0.4 is 11.1 Å². The van der Waals surface area contributed by atoms with Crippen LogP contribution in [0, 0.1) is 0 Å². The Kier molecular flexibility index (Phi) is 4.74. The second kappa shape index (κ2) is 7.12. The van der Waals surface area contributed by atoms with Crippen molar-refractivity contribution in [3.63, 3.8) is 0 Å². The minimum absolute atomic E-state index is 0.00922. The van der Waals surface area contributed by atoms with E-state index in [0.717, 1.165) is 47.0 Å². The number of rotatable bonds is 6. The molecule has 0 fully saturated rings. The van der Waals surface area contributed by atoms with E-state index in [9.17, 15) is 4.79 Å². The van der Waals surface area contributed by atoms with Gasteiger partial charge in [0.15, 0.2) is 0 Å². The summed E-state index contributed by atoms with van der Waals surface area (Å²) in [5.41, 5.74) is 10.0. The number of aryl methyl sites for hydroxylation is 1. The van der Waals surface area contributed by atoms with Gasteiger partial charge < -0.3 is 11.1 Å². The lowest BCUT2D eigenvalue weighted by Crippen LogP contribution is -2.20. The van der Waals surface area contributed by atoms with Gasteiger partial charge in [0.25, 0.3) is 0 Å². The zero-order valence-corrected chi connectivity index (χ0v) is 13.7. The molecule has 4 N–H and O–H groups in total. The molecule has 0 saturated heterocycles. The van der Waals surface area contributed by atoms with Gasteiger partial charge in [-0.25, -0.2) is 4.98 Å². The molecule has 0 atom stereocenters. The molecular weight excluding hydrogens is 302 g/mol. The Balaban J connectivity index is 1.73. The number of hydrogen-bond acceptors (Lipinski definition) is 4. The van der Waals surface area contributed by atoms with Gasteiger partial charge in [0, 0.05) is 30.6 Å². The molecule has 24 heavy (non-hydrogen) atoms. The average molecular weight is 323 g/mol. The summed E-state index contributed by atoms with van der Waals surface area (Å²) >= 11 is 0. The van der Waals surface area contributed by atoms with Crippen molar-refractivity contribution >= 4 is 22.6 Å². The van der Waals surface area contributed by atoms with E-state index in [-0.39, 0.29) is 5.91 Å². The molecule has 2 heterocycles. The minimum Gasteiger partial charge on any atom is -0.383 e. The molecule has 3 aromatic rings. The van der Waals surface area contributed by atoms with E-state index < -0.39 is 0 Å². The second-order valence-electron chi connectivity index (χ2n) is 5.85. The lowest BCUT2D eigenvalue weighted by Gasteiger charge is -2.08. The number of anilines is 1. The highest BCUT2D eigenvalue weighted by molar-refractivity contribution is 5.85. The summed E-state index contributed by atoms with van der Waals surface area (Å²) in [5, 5.41) is 10.8. The largest absolute Gasteiger partial charge is 0.383 e. The monoisotopic (exact) mass is 323 g/mol. The summed E-state index contributed by atoms with van der Waals surface area (Å²) in [6.07, 6.45) is 4.47. The number of H-pyrrole nitrogens is 1. The third-order valence-corrected chi connectivity index (χ3v) is 3.99. The third-order valence-electron chi connectivity index (χ3n) is 3.99. The zero-order valence-electron chi connectivity index (χ0n) is 13.7. The van der Waals surface area contributed by atoms with Crippen molar-refractivity contribution < 1.29 is 4.79 Å². The number of pyridine rings is 1. The predicted octanol–water partition coefficient (Wildman–Crippen LogP) is 2.67. The fourth-order valence-corrected chi connectivity index (χ4v) is 2.72. The van der Waals surface area contributed by atoms with Gasteiger partial charge in [0.05, 0.1) is 11.2 Å². The van der Waals surface area contributed by atoms with E-state index in [4.69, 9.17) is 5.73 Å². The van der Waals surface area contributed by atoms with Crippen molar-refractivity contribution in [1.82, 2.24) is 20.5 Å². The first-order valence-corrected chi connectivity index (χ1v) is 8.07. The van der Waals surface area contributed by atoms with Crippen LogP contribution >= 0.6 is 0 Å². The maximum atomic E-state index is 10.8. The van der Waals surface area contributed by atoms with Crippen LogP contribution in [0.5, 0.6) is 0 Å². The number of nitrogens with zero attached hydrogens (tertiary/aromatic N) is 2. The maximum Gasteiger partial charge on any atom is 0.216 e. The number of carbonyl (C=O) groups excluding carboxylic acids is 1. The fraction of sp³-hybridized carbons (Fsp3) is 0.278. The number of unbranched alkanes of at least 4 members (excludes halogenated alkanes) is 1. The normalized spacial score (nSPS) is 10.9. The number of aromatic nitrogens is 3. The van der Waals surface area contributed by atoms with Crippen LogP contribution in [0.2, 0.25) is 0 Å². The number of fused-ring (bicyclic) bond motifs is 1. The lowest BCUT2D eigenvalue weighted by molar-refractivity contribution is -0.118. The SMILES string of the molecule is CC(=O)NCCCCc1cc2ccc(-c3ccn[nH]3)cc2nc1N. The van der Waals surface area contributed by atoms with Crippen molar-refractivity contribution in [2.24, 2.45) is 0 Å². The molecule has 0 aliphatic heterocycles. The topological polar surface area (TPSA) is 96.7 Å². The molecule has 3 rings (SSSR count). The van der Waals surface area contributed by atoms with E-state index in [0.29, 0.717) is 12.4 Å². The van der Waals surface area contributed by atoms with Crippen LogP contribution in [0.15, 0.2) is 36.5 Å². The van der Waals surface area contributed by atoms with Gasteiger partial charge in [-0.05, 0) is 43.0 Å². The smallest absolute Gasteiger partial charge is 0.216 e. The van der Waals surface area contributed by atoms with Crippen molar-refractivity contribution in [3.8, 4) is 11.3 Å². The fourth-order valence-electron chi connectivity index (χ4n) is 2.72. The molecule has 0 radical (unpaired) electrons. The first-order chi connectivity index (χ1) is 11.6. The predicted molar refractivity (Wildman–Crippen MR) is 95.4 cm³/mol. The minimum atomic E-state index is 0.00922. The third kappa shape index (κ3) is 3.71. The number of hydrogen-bond donors (Lipinski definition) is 3. The number of nitrogens with one attached hydrogen (secondary N) is 2. The highest BCUT2D eigenvalue weighted by Gasteiger charge is 2.07. The first-order valence-electron chi connectivity index (χ1n) is 8.07. The summed E-state index contributed by atoms with van der Waals surface area (Å²) < 4.78 is 0. The van der Waals surface area contributed by atoms with E-state index in [1.165, 1.54) is 6.92 Å². The molecule has 0 aliphatic rings. The molecule has 2 aromatic heterocycles. The second-order valence-corrected chi connectivity index (χ2v) is 5.85. The van der Waals surface area contributed by atoms with Gasteiger partial charge >= 0.3 is 0 Å². The van der Waals surface area contributed by atoms with E-state index >= 15 is 0 Å². The Morgan fingerprint density at radius 1 is 1.25 bits per heavy atom. The van der Waals surface area contributed by atoms with Gasteiger partial charge in [-0.1, -0.05) is 12.1 Å². The summed E-state index contributed by atoms with van der Waals surface area (Å²) in [6, 6.07) is 10.1. The zero-order chi connectivity index (χ0) is 16.9. The Morgan fingerprint density at radius 2 is 2.12 bits per heavy atom. The van der Waals surface area contributed by atoms with E-state index in [1.807, 2.05) is 18.2 Å². The molecular formula is C18H21N5O. The standard InChI is InChI=1S/C18H21N5O/c1-12(24)20-8-3-2-4-15-10-13-5-6-14(16-7-9-21-23-16)11-17(13)22-18(15)19/h5-7,9-11H,2-4,8H2,1H3,(H2,19,22)(H,20,24)(H,21,23). The first kappa shape index (κ1) is 16.0. The Bertz CT molecular complexity index is 842. The molecule has 0 bridgehead atoms. The van der Waals surface area contributed by atoms with E-state index in [2.05, 4.69) is 32.6 Å². The van der Waals surface area contributed by atoms with Gasteiger partial charge in [0.2, 0.25) is 5.91 Å². The summed E-state index contributed by atoms with van der Waals surface area (Å²) in [7, 11) is 0. The maximum absolute atomic E-state index is 10.8. The van der Waals surface area contributed by atoms with Crippen LogP contribution in [0.1, 0.15) is 25.3 Å². The van der Waals surface area contributed by atoms with Gasteiger partial charge in [-0.3, -0.25) is 9.89 Å². The quantitative estimate of drug-likeness (QED) is 0.608. The molecule has 0 aliphatic carbocycles. The summed E-state index contributed by atoms with van der Waals surface area (Å²) in [4.78, 5) is 15.4. The van der Waals surface area contributed by atoms with Gasteiger partial charge in [-0.2, -0.15) is 5.10 Å². The number of carbonyl (C=O) groups is 1. The number of nitrogens with two attached hydrogens (primary N) is 1. The Hall–Kier alpha value is -2.89. The van der Waals surface area contributed by atoms with Crippen LogP contribution in [0.25, 0.3) is 22.2 Å². The molecule has 6 heteroatoms. The average Bonchev–Trinajstić information content (AvgIpc) is 3.08. The summed E-state index contributed by atoms with van der Waals surface area (Å²) in [6.45, 7) is 2.23. The van der Waals surface area contributed by atoms with Crippen molar-refractivity contribution in [2.45, 2.75) is 26.2 Å². The van der Waals surface area contributed by atoms with Crippen molar-refractivity contribution in [1.29, 1.82) is 0 Å². The number of aromatic amines is 1. The van der Waals surface area contributed by atoms with Crippen LogP contribution in [-0.4, -0.2) is 27.6 Å². The van der Waals surface area contributed by atoms with E-state index in [1.54, 1.807) is 6.20 Å². The van der Waals surface area contributed by atoms with Crippen molar-refractivity contribution in [3.05, 3.63) is 42.1 Å². The Morgan fingerprint density at radius 3 is 2.88 bits per heavy atom. The number of benzene rings is 1. The number of nitrogen functional groups attached to an aromatic ring is 1. The number of amides is 1. The molecule has 0 saturated carbocycles. The van der Waals surface area contributed by atoms with Crippen LogP contribution in [0.3, 0.4) is 0 Å². The molecule has 1 amide bonds. The molecule has 0 unspecified atom stereocenters. The molecule has 1 aromatic carbocycles. The molecule has 6 nitrogen and oxygen atoms in total. The summed E-state index contributed by atoms with van der Waals surface area (Å²) in [5.74, 6) is 0.582. The van der Waals surface area contributed by atoms with Gasteiger partial charge in [-0.15, -0.1) is 0 Å². The van der Waals surface area contributed by atoms with Crippen LogP contribution in [0.4, 0.5) is 5.82 Å². The van der Waals surface area contributed by atoms with Crippen LogP contribution in [-0.2, 0) is 11.2 Å². The lowest BCUT2D eigenvalue weighted by atomic mass is 10.0. The Labute approximate surface area is 140 Å². The van der Waals surface area contributed by atoms with Gasteiger partial charge in [0.1, 0.15) is 5.82 Å². The highest BCUT2D eigenvalue weighted by atomic mass is 16.1. The highest BCUT2D eigenvalue weighted by Crippen LogP contribution is 2.25. The molecule has 124 valence electrons. The molecule has 0 spiro atoms. The van der Waals surface area contributed by atoms with Crippen molar-refractivity contribution in [2.75, 3.05) is 12.3 Å².